The van der Waals surface area contributed by atoms with Gasteiger partial charge in [-0.1, -0.05) is 12.1 Å². The maximum Gasteiger partial charge on any atom is 0.270 e. The number of carbonyl (C=O) groups excluding carboxylic acids is 2. The predicted octanol–water partition coefficient (Wildman–Crippen LogP) is 1.53. The molecule has 28 heavy (non-hydrogen) atoms. The van der Waals surface area contributed by atoms with Crippen molar-refractivity contribution in [1.29, 1.82) is 0 Å². The summed E-state index contributed by atoms with van der Waals surface area (Å²) < 4.78 is 19.6. The minimum atomic E-state index is -0.697. The highest BCUT2D eigenvalue weighted by Crippen LogP contribution is 2.45. The van der Waals surface area contributed by atoms with Gasteiger partial charge in [-0.2, -0.15) is 5.10 Å². The summed E-state index contributed by atoms with van der Waals surface area (Å²) in [6.07, 6.45) is 2.92. The van der Waals surface area contributed by atoms with Gasteiger partial charge in [-0.15, -0.1) is 0 Å². The lowest BCUT2D eigenvalue weighted by molar-refractivity contribution is 0.0921. The molecule has 0 atom stereocenters. The molecule has 1 aromatic carbocycles. The van der Waals surface area contributed by atoms with Crippen LogP contribution >= 0.6 is 0 Å². The smallest absolute Gasteiger partial charge is 0.270 e. The van der Waals surface area contributed by atoms with E-state index >= 15 is 0 Å². The Morgan fingerprint density at radius 1 is 1.29 bits per heavy atom. The average molecular weight is 383 g/mol. The fourth-order valence-electron chi connectivity index (χ4n) is 3.31. The van der Waals surface area contributed by atoms with Gasteiger partial charge in [0.05, 0.1) is 12.1 Å². The fraction of sp³-hybridized carbons (Fsp3) is 0.263. The first-order valence-electron chi connectivity index (χ1n) is 8.69. The van der Waals surface area contributed by atoms with Crippen LogP contribution in [0.1, 0.15) is 44.9 Å². The van der Waals surface area contributed by atoms with Crippen LogP contribution in [-0.2, 0) is 16.9 Å². The molecule has 144 valence electrons. The standard InChI is InChI=1S/C19H18FN5O3/c1-28-10-13-15(16(21)26)17-22-9-6-14(25(17)24-13)18(27)23-19(7-8-19)11-2-4-12(20)5-3-11/h2-6,9H,7-8,10H2,1H3,(H2,21,26)(H,23,27). The number of methoxy groups -OCH3 is 1. The summed E-state index contributed by atoms with van der Waals surface area (Å²) in [5, 5.41) is 7.30. The van der Waals surface area contributed by atoms with Crippen molar-refractivity contribution >= 4 is 17.5 Å². The highest BCUT2D eigenvalue weighted by atomic mass is 19.1. The van der Waals surface area contributed by atoms with Crippen LogP contribution in [0.3, 0.4) is 0 Å². The highest BCUT2D eigenvalue weighted by molar-refractivity contribution is 6.01. The Morgan fingerprint density at radius 3 is 2.61 bits per heavy atom. The topological polar surface area (TPSA) is 112 Å². The Labute approximate surface area is 159 Å². The number of nitrogens with two attached hydrogens (primary N) is 1. The second-order valence-corrected chi connectivity index (χ2v) is 6.73. The second kappa shape index (κ2) is 6.68. The van der Waals surface area contributed by atoms with Gasteiger partial charge in [0.1, 0.15) is 22.8 Å². The van der Waals surface area contributed by atoms with E-state index in [9.17, 15) is 14.0 Å². The first-order chi connectivity index (χ1) is 13.4. The van der Waals surface area contributed by atoms with E-state index in [1.807, 2.05) is 0 Å². The van der Waals surface area contributed by atoms with E-state index in [4.69, 9.17) is 10.5 Å². The highest BCUT2D eigenvalue weighted by Gasteiger charge is 2.46. The van der Waals surface area contributed by atoms with Crippen molar-refractivity contribution in [2.24, 2.45) is 5.73 Å². The number of ether oxygens (including phenoxy) is 1. The van der Waals surface area contributed by atoms with Crippen LogP contribution in [0.4, 0.5) is 4.39 Å². The van der Waals surface area contributed by atoms with Crippen LogP contribution in [0.5, 0.6) is 0 Å². The normalized spacial score (nSPS) is 14.8. The molecule has 1 saturated carbocycles. The molecular formula is C19H18FN5O3. The van der Waals surface area contributed by atoms with Gasteiger partial charge < -0.3 is 15.8 Å². The van der Waals surface area contributed by atoms with Gasteiger partial charge in [-0.05, 0) is 36.6 Å². The Balaban J connectivity index is 1.71. The van der Waals surface area contributed by atoms with Crippen LogP contribution in [-0.4, -0.2) is 33.5 Å². The van der Waals surface area contributed by atoms with Crippen molar-refractivity contribution in [1.82, 2.24) is 19.9 Å². The number of nitrogens with zero attached hydrogens (tertiary/aromatic N) is 3. The van der Waals surface area contributed by atoms with Crippen molar-refractivity contribution in [3.05, 3.63) is 64.9 Å². The Hall–Kier alpha value is -3.33. The zero-order valence-electron chi connectivity index (χ0n) is 15.1. The fourth-order valence-corrected chi connectivity index (χ4v) is 3.31. The summed E-state index contributed by atoms with van der Waals surface area (Å²) in [5.74, 6) is -1.41. The van der Waals surface area contributed by atoms with E-state index in [1.54, 1.807) is 12.1 Å². The third-order valence-electron chi connectivity index (χ3n) is 4.85. The largest absolute Gasteiger partial charge is 0.378 e. The number of benzene rings is 1. The molecule has 1 aliphatic rings. The number of nitrogens with one attached hydrogen (secondary N) is 1. The third kappa shape index (κ3) is 2.99. The molecule has 3 aromatic rings. The molecule has 0 aliphatic heterocycles. The second-order valence-electron chi connectivity index (χ2n) is 6.73. The summed E-state index contributed by atoms with van der Waals surface area (Å²) in [4.78, 5) is 29.0. The molecule has 3 N–H and O–H groups in total. The lowest BCUT2D eigenvalue weighted by atomic mass is 10.0. The maximum absolute atomic E-state index is 13.2. The number of carbonyl (C=O) groups is 2. The first-order valence-corrected chi connectivity index (χ1v) is 8.69. The number of halogens is 1. The zero-order chi connectivity index (χ0) is 19.9. The Bertz CT molecular complexity index is 1070. The Morgan fingerprint density at radius 2 is 2.00 bits per heavy atom. The number of hydrogen-bond acceptors (Lipinski definition) is 5. The van der Waals surface area contributed by atoms with Gasteiger partial charge in [0.25, 0.3) is 11.8 Å². The van der Waals surface area contributed by atoms with Crippen molar-refractivity contribution in [3.63, 3.8) is 0 Å². The van der Waals surface area contributed by atoms with Crippen LogP contribution < -0.4 is 11.1 Å². The minimum absolute atomic E-state index is 0.0577. The van der Waals surface area contributed by atoms with E-state index in [-0.39, 0.29) is 35.2 Å². The van der Waals surface area contributed by atoms with E-state index in [0.29, 0.717) is 5.69 Å². The number of rotatable bonds is 6. The molecule has 0 saturated heterocycles. The molecule has 1 aliphatic carbocycles. The van der Waals surface area contributed by atoms with E-state index in [1.165, 1.54) is 36.0 Å². The maximum atomic E-state index is 13.2. The zero-order valence-corrected chi connectivity index (χ0v) is 15.1. The molecule has 2 amide bonds. The van der Waals surface area contributed by atoms with Crippen molar-refractivity contribution in [3.8, 4) is 0 Å². The molecule has 2 heterocycles. The number of amides is 2. The van der Waals surface area contributed by atoms with Gasteiger partial charge in [-0.25, -0.2) is 13.9 Å². The molecule has 8 nitrogen and oxygen atoms in total. The van der Waals surface area contributed by atoms with Crippen molar-refractivity contribution in [2.75, 3.05) is 7.11 Å². The molecule has 0 spiro atoms. The summed E-state index contributed by atoms with van der Waals surface area (Å²) in [5.41, 5.74) is 6.60. The number of fused-ring (bicyclic) bond motifs is 1. The van der Waals surface area contributed by atoms with E-state index < -0.39 is 11.4 Å². The SMILES string of the molecule is COCc1nn2c(C(=O)NC3(c4ccc(F)cc4)CC3)ccnc2c1C(N)=O. The first kappa shape index (κ1) is 18.1. The molecule has 9 heteroatoms. The lowest BCUT2D eigenvalue weighted by Gasteiger charge is -2.18. The Kier molecular flexibility index (Phi) is 4.31. The van der Waals surface area contributed by atoms with Gasteiger partial charge in [-0.3, -0.25) is 9.59 Å². The average Bonchev–Trinajstić information content (AvgIpc) is 3.34. The van der Waals surface area contributed by atoms with Gasteiger partial charge in [0, 0.05) is 13.3 Å². The predicted molar refractivity (Wildman–Crippen MR) is 97.0 cm³/mol. The summed E-state index contributed by atoms with van der Waals surface area (Å²) in [7, 11) is 1.47. The van der Waals surface area contributed by atoms with Crippen molar-refractivity contribution in [2.45, 2.75) is 25.0 Å². The van der Waals surface area contributed by atoms with Gasteiger partial charge in [0.2, 0.25) is 0 Å². The summed E-state index contributed by atoms with van der Waals surface area (Å²) in [6.45, 7) is 0.0577. The molecule has 0 unspecified atom stereocenters. The lowest BCUT2D eigenvalue weighted by Crippen LogP contribution is -2.36. The quantitative estimate of drug-likeness (QED) is 0.671. The minimum Gasteiger partial charge on any atom is -0.378 e. The van der Waals surface area contributed by atoms with E-state index in [2.05, 4.69) is 15.4 Å². The molecule has 1 fully saturated rings. The molecule has 0 bridgehead atoms. The molecule has 0 radical (unpaired) electrons. The number of hydrogen-bond donors (Lipinski definition) is 2. The summed E-state index contributed by atoms with van der Waals surface area (Å²) >= 11 is 0. The van der Waals surface area contributed by atoms with Crippen LogP contribution in [0.2, 0.25) is 0 Å². The van der Waals surface area contributed by atoms with Crippen LogP contribution in [0, 0.1) is 5.82 Å². The third-order valence-corrected chi connectivity index (χ3v) is 4.85. The van der Waals surface area contributed by atoms with Gasteiger partial charge >= 0.3 is 0 Å². The molecular weight excluding hydrogens is 365 g/mol. The molecule has 2 aromatic heterocycles. The number of primary amides is 1. The van der Waals surface area contributed by atoms with Crippen molar-refractivity contribution < 1.29 is 18.7 Å². The van der Waals surface area contributed by atoms with Crippen LogP contribution in [0.25, 0.3) is 5.65 Å². The van der Waals surface area contributed by atoms with Crippen LogP contribution in [0.15, 0.2) is 36.5 Å². The number of aromatic nitrogens is 3. The monoisotopic (exact) mass is 383 g/mol. The molecule has 4 rings (SSSR count). The van der Waals surface area contributed by atoms with E-state index in [0.717, 1.165) is 18.4 Å². The summed E-state index contributed by atoms with van der Waals surface area (Å²) in [6, 6.07) is 7.59. The van der Waals surface area contributed by atoms with Gasteiger partial charge in [0.15, 0.2) is 5.65 Å².